The number of hydrogen-bond acceptors (Lipinski definition) is 4. The highest BCUT2D eigenvalue weighted by Crippen LogP contribution is 2.36. The number of nitrogens with two attached hydrogens (primary N) is 1. The van der Waals surface area contributed by atoms with Crippen LogP contribution in [0.15, 0.2) is 46.2 Å². The van der Waals surface area contributed by atoms with Crippen molar-refractivity contribution in [2.45, 2.75) is 9.79 Å². The van der Waals surface area contributed by atoms with Crippen LogP contribution in [0.4, 0.5) is 10.1 Å². The van der Waals surface area contributed by atoms with Crippen LogP contribution in [-0.4, -0.2) is 30.0 Å². The Balaban J connectivity index is 2.42. The molecule has 0 bridgehead atoms. The van der Waals surface area contributed by atoms with Crippen LogP contribution in [0.5, 0.6) is 5.75 Å². The van der Waals surface area contributed by atoms with Gasteiger partial charge in [-0.25, -0.2) is 4.39 Å². The van der Waals surface area contributed by atoms with Crippen molar-refractivity contribution in [3.05, 3.63) is 47.8 Å². The van der Waals surface area contributed by atoms with E-state index in [1.807, 2.05) is 0 Å². The van der Waals surface area contributed by atoms with Crippen LogP contribution in [0.2, 0.25) is 0 Å². The lowest BCUT2D eigenvalue weighted by Gasteiger charge is -2.14. The third-order valence-corrected chi connectivity index (χ3v) is 3.96. The molecular formula is C15H15FN2O2S. The van der Waals surface area contributed by atoms with E-state index in [0.29, 0.717) is 21.0 Å². The van der Waals surface area contributed by atoms with Gasteiger partial charge in [0.1, 0.15) is 11.6 Å². The molecule has 0 saturated heterocycles. The van der Waals surface area contributed by atoms with Crippen molar-refractivity contribution in [2.75, 3.05) is 19.8 Å². The lowest BCUT2D eigenvalue weighted by atomic mass is 10.2. The molecule has 1 amide bonds. The Bertz CT molecular complexity index is 689. The standard InChI is InChI=1S/C15H15FN2O2S/c1-18(2)15(20)11-8-10(19)4-6-13(11)21-14-5-3-9(16)7-12(14)17/h3-8,19H,17H2,1-2H3. The molecule has 2 aromatic rings. The molecule has 0 aliphatic rings. The number of phenols is 1. The average Bonchev–Trinajstić information content (AvgIpc) is 2.42. The first-order chi connectivity index (χ1) is 9.88. The molecule has 0 aromatic heterocycles. The summed E-state index contributed by atoms with van der Waals surface area (Å²) in [6, 6.07) is 8.65. The highest BCUT2D eigenvalue weighted by atomic mass is 32.2. The summed E-state index contributed by atoms with van der Waals surface area (Å²) >= 11 is 1.25. The Labute approximate surface area is 126 Å². The zero-order valence-corrected chi connectivity index (χ0v) is 12.4. The minimum Gasteiger partial charge on any atom is -0.508 e. The molecule has 4 nitrogen and oxygen atoms in total. The number of amides is 1. The van der Waals surface area contributed by atoms with Gasteiger partial charge in [-0.05, 0) is 36.4 Å². The molecule has 0 atom stereocenters. The van der Waals surface area contributed by atoms with Crippen LogP contribution in [-0.2, 0) is 0 Å². The monoisotopic (exact) mass is 306 g/mol. The number of phenolic OH excluding ortho intramolecular Hbond substituents is 1. The van der Waals surface area contributed by atoms with Crippen molar-refractivity contribution >= 4 is 23.4 Å². The van der Waals surface area contributed by atoms with Gasteiger partial charge < -0.3 is 15.7 Å². The van der Waals surface area contributed by atoms with Gasteiger partial charge in [0.15, 0.2) is 0 Å². The fourth-order valence-corrected chi connectivity index (χ4v) is 2.69. The van der Waals surface area contributed by atoms with Crippen molar-refractivity contribution in [2.24, 2.45) is 0 Å². The summed E-state index contributed by atoms with van der Waals surface area (Å²) in [5, 5.41) is 9.57. The molecule has 2 rings (SSSR count). The molecule has 0 radical (unpaired) electrons. The van der Waals surface area contributed by atoms with E-state index in [1.54, 1.807) is 26.2 Å². The van der Waals surface area contributed by atoms with E-state index in [4.69, 9.17) is 5.73 Å². The van der Waals surface area contributed by atoms with Gasteiger partial charge in [0, 0.05) is 29.6 Å². The largest absolute Gasteiger partial charge is 0.508 e. The number of anilines is 1. The maximum Gasteiger partial charge on any atom is 0.254 e. The Morgan fingerprint density at radius 1 is 1.19 bits per heavy atom. The molecule has 21 heavy (non-hydrogen) atoms. The lowest BCUT2D eigenvalue weighted by Crippen LogP contribution is -2.22. The molecule has 0 spiro atoms. The fraction of sp³-hybridized carbons (Fsp3) is 0.133. The zero-order valence-electron chi connectivity index (χ0n) is 11.6. The van der Waals surface area contributed by atoms with E-state index in [-0.39, 0.29) is 11.7 Å². The fourth-order valence-electron chi connectivity index (χ4n) is 1.75. The number of nitrogen functional groups attached to an aromatic ring is 1. The van der Waals surface area contributed by atoms with Gasteiger partial charge in [-0.3, -0.25) is 4.79 Å². The van der Waals surface area contributed by atoms with Gasteiger partial charge in [-0.15, -0.1) is 0 Å². The second kappa shape index (κ2) is 6.05. The predicted molar refractivity (Wildman–Crippen MR) is 81.1 cm³/mol. The SMILES string of the molecule is CN(C)C(=O)c1cc(O)ccc1Sc1ccc(F)cc1N. The van der Waals surface area contributed by atoms with Crippen molar-refractivity contribution in [1.82, 2.24) is 4.90 Å². The Morgan fingerprint density at radius 2 is 1.86 bits per heavy atom. The smallest absolute Gasteiger partial charge is 0.254 e. The van der Waals surface area contributed by atoms with Crippen LogP contribution in [0.25, 0.3) is 0 Å². The summed E-state index contributed by atoms with van der Waals surface area (Å²) in [7, 11) is 3.26. The highest BCUT2D eigenvalue weighted by Gasteiger charge is 2.16. The second-order valence-electron chi connectivity index (χ2n) is 4.66. The Hall–Kier alpha value is -2.21. The molecule has 2 aromatic carbocycles. The first kappa shape index (κ1) is 15.2. The van der Waals surface area contributed by atoms with Gasteiger partial charge in [-0.2, -0.15) is 0 Å². The molecule has 0 aliphatic heterocycles. The number of carbonyl (C=O) groups excluding carboxylic acids is 1. The zero-order chi connectivity index (χ0) is 15.6. The molecule has 0 unspecified atom stereocenters. The number of halogens is 1. The molecule has 6 heteroatoms. The van der Waals surface area contributed by atoms with E-state index < -0.39 is 5.82 Å². The summed E-state index contributed by atoms with van der Waals surface area (Å²) in [6.07, 6.45) is 0. The van der Waals surface area contributed by atoms with E-state index >= 15 is 0 Å². The first-order valence-corrected chi connectivity index (χ1v) is 6.97. The molecule has 0 saturated carbocycles. The van der Waals surface area contributed by atoms with E-state index in [0.717, 1.165) is 0 Å². The normalized spacial score (nSPS) is 10.4. The third kappa shape index (κ3) is 3.46. The minimum atomic E-state index is -0.410. The van der Waals surface area contributed by atoms with Crippen LogP contribution >= 0.6 is 11.8 Å². The van der Waals surface area contributed by atoms with Gasteiger partial charge in [0.2, 0.25) is 0 Å². The summed E-state index contributed by atoms with van der Waals surface area (Å²) in [5.41, 5.74) is 6.45. The molecule has 110 valence electrons. The minimum absolute atomic E-state index is 0.0108. The van der Waals surface area contributed by atoms with Crippen molar-refractivity contribution in [1.29, 1.82) is 0 Å². The topological polar surface area (TPSA) is 66.6 Å². The van der Waals surface area contributed by atoms with E-state index in [1.165, 1.54) is 40.9 Å². The number of nitrogens with zero attached hydrogens (tertiary/aromatic N) is 1. The van der Waals surface area contributed by atoms with Gasteiger partial charge in [0.05, 0.1) is 5.56 Å². The molecule has 0 fully saturated rings. The maximum atomic E-state index is 13.1. The van der Waals surface area contributed by atoms with Gasteiger partial charge in [0.25, 0.3) is 5.91 Å². The summed E-state index contributed by atoms with van der Waals surface area (Å²) < 4.78 is 13.1. The number of benzene rings is 2. The van der Waals surface area contributed by atoms with Gasteiger partial charge >= 0.3 is 0 Å². The van der Waals surface area contributed by atoms with Crippen molar-refractivity contribution < 1.29 is 14.3 Å². The third-order valence-electron chi connectivity index (χ3n) is 2.79. The number of rotatable bonds is 3. The van der Waals surface area contributed by atoms with Gasteiger partial charge in [-0.1, -0.05) is 11.8 Å². The summed E-state index contributed by atoms with van der Waals surface area (Å²) in [5.74, 6) is -0.627. The Kier molecular flexibility index (Phi) is 4.37. The lowest BCUT2D eigenvalue weighted by molar-refractivity contribution is 0.0824. The maximum absolute atomic E-state index is 13.1. The van der Waals surface area contributed by atoms with Crippen LogP contribution in [0.1, 0.15) is 10.4 Å². The first-order valence-electron chi connectivity index (χ1n) is 6.16. The number of hydrogen-bond donors (Lipinski definition) is 2. The predicted octanol–water partition coefficient (Wildman–Crippen LogP) is 2.97. The number of carbonyl (C=O) groups is 1. The van der Waals surface area contributed by atoms with Crippen LogP contribution in [0.3, 0.4) is 0 Å². The highest BCUT2D eigenvalue weighted by molar-refractivity contribution is 7.99. The summed E-state index contributed by atoms with van der Waals surface area (Å²) in [6.45, 7) is 0. The van der Waals surface area contributed by atoms with Crippen molar-refractivity contribution in [3.63, 3.8) is 0 Å². The number of aromatic hydroxyl groups is 1. The molecule has 3 N–H and O–H groups in total. The molecular weight excluding hydrogens is 291 g/mol. The van der Waals surface area contributed by atoms with E-state index in [2.05, 4.69) is 0 Å². The molecule has 0 aliphatic carbocycles. The van der Waals surface area contributed by atoms with Crippen molar-refractivity contribution in [3.8, 4) is 5.75 Å². The average molecular weight is 306 g/mol. The van der Waals surface area contributed by atoms with E-state index in [9.17, 15) is 14.3 Å². The second-order valence-corrected chi connectivity index (χ2v) is 5.75. The Morgan fingerprint density at radius 3 is 2.48 bits per heavy atom. The summed E-state index contributed by atoms with van der Waals surface area (Å²) in [4.78, 5) is 14.9. The molecule has 0 heterocycles. The quantitative estimate of drug-likeness (QED) is 0.856. The van der Waals surface area contributed by atoms with Crippen LogP contribution in [0, 0.1) is 5.82 Å². The van der Waals surface area contributed by atoms with Crippen LogP contribution < -0.4 is 5.73 Å².